The molecule has 1 heterocycles. The van der Waals surface area contributed by atoms with Gasteiger partial charge in [-0.25, -0.2) is 0 Å². The third-order valence-electron chi connectivity index (χ3n) is 2.60. The molecular weight excluding hydrogens is 346 g/mol. The number of hydrogen-bond donors (Lipinski definition) is 1. The number of thiophene rings is 1. The Morgan fingerprint density at radius 3 is 2.70 bits per heavy atom. The smallest absolute Gasteiger partial charge is 0.323 e. The Bertz CT molecular complexity index is 654. The zero-order valence-corrected chi connectivity index (χ0v) is 13.2. The summed E-state index contributed by atoms with van der Waals surface area (Å²) in [6, 6.07) is 6.80. The van der Waals surface area contributed by atoms with Gasteiger partial charge in [-0.05, 0) is 47.5 Å². The van der Waals surface area contributed by atoms with Crippen molar-refractivity contribution in [3.05, 3.63) is 49.3 Å². The summed E-state index contributed by atoms with van der Waals surface area (Å²) in [6.07, 6.45) is -0.766. The van der Waals surface area contributed by atoms with Gasteiger partial charge in [0, 0.05) is 10.9 Å². The molecule has 7 heteroatoms. The second-order valence-electron chi connectivity index (χ2n) is 4.29. The van der Waals surface area contributed by atoms with Crippen molar-refractivity contribution in [3.8, 4) is 10.8 Å². The maximum atomic E-state index is 11.0. The van der Waals surface area contributed by atoms with Crippen molar-refractivity contribution in [2.24, 2.45) is 0 Å². The van der Waals surface area contributed by atoms with E-state index in [0.29, 0.717) is 10.6 Å². The molecule has 0 spiro atoms. The lowest BCUT2D eigenvalue weighted by atomic mass is 10.2. The third-order valence-corrected chi connectivity index (χ3v) is 4.39. The number of nitrogens with zero attached hydrogens (tertiary/aromatic N) is 1. The standard InChI is InChI=1S/C13H12BrNO4S/c1-7-3-4-11(9(14)5-7)19-13-10(15(17)18)6-12(20-13)8(2)16/h3-6,8,16H,1-2H3/t8-/m0/s1. The van der Waals surface area contributed by atoms with Crippen molar-refractivity contribution in [1.29, 1.82) is 0 Å². The molecule has 0 aliphatic rings. The van der Waals surface area contributed by atoms with E-state index < -0.39 is 11.0 Å². The van der Waals surface area contributed by atoms with Gasteiger partial charge in [-0.1, -0.05) is 17.4 Å². The lowest BCUT2D eigenvalue weighted by Crippen LogP contribution is -1.90. The Morgan fingerprint density at radius 2 is 2.15 bits per heavy atom. The summed E-state index contributed by atoms with van der Waals surface area (Å²) in [5.74, 6) is 0.498. The molecule has 0 amide bonds. The molecule has 1 aromatic carbocycles. The summed E-state index contributed by atoms with van der Waals surface area (Å²) in [6.45, 7) is 3.49. The molecule has 0 fully saturated rings. The number of nitro groups is 1. The molecule has 0 saturated carbocycles. The predicted molar refractivity (Wildman–Crippen MR) is 80.6 cm³/mol. The molecule has 106 valence electrons. The highest BCUT2D eigenvalue weighted by Gasteiger charge is 2.23. The van der Waals surface area contributed by atoms with Crippen LogP contribution in [0.1, 0.15) is 23.5 Å². The van der Waals surface area contributed by atoms with Gasteiger partial charge in [-0.2, -0.15) is 0 Å². The van der Waals surface area contributed by atoms with Crippen LogP contribution in [0, 0.1) is 17.0 Å². The van der Waals surface area contributed by atoms with Crippen molar-refractivity contribution in [2.75, 3.05) is 0 Å². The minimum absolute atomic E-state index is 0.140. The van der Waals surface area contributed by atoms with Crippen LogP contribution in [0.2, 0.25) is 0 Å². The summed E-state index contributed by atoms with van der Waals surface area (Å²) in [5, 5.41) is 20.7. The van der Waals surface area contributed by atoms with Gasteiger partial charge in [-0.3, -0.25) is 10.1 Å². The zero-order chi connectivity index (χ0) is 14.9. The van der Waals surface area contributed by atoms with Gasteiger partial charge >= 0.3 is 5.69 Å². The predicted octanol–water partition coefficient (Wildman–Crippen LogP) is 4.57. The van der Waals surface area contributed by atoms with Gasteiger partial charge < -0.3 is 9.84 Å². The number of benzene rings is 1. The van der Waals surface area contributed by atoms with E-state index >= 15 is 0 Å². The molecule has 0 saturated heterocycles. The van der Waals surface area contributed by atoms with Crippen LogP contribution in [0.5, 0.6) is 10.8 Å². The van der Waals surface area contributed by atoms with Crippen LogP contribution in [0.15, 0.2) is 28.7 Å². The molecule has 2 aromatic rings. The molecule has 5 nitrogen and oxygen atoms in total. The van der Waals surface area contributed by atoms with E-state index in [0.717, 1.165) is 21.4 Å². The minimum atomic E-state index is -0.766. The van der Waals surface area contributed by atoms with E-state index in [4.69, 9.17) is 4.74 Å². The highest BCUT2D eigenvalue weighted by molar-refractivity contribution is 9.10. The van der Waals surface area contributed by atoms with Crippen molar-refractivity contribution in [1.82, 2.24) is 0 Å². The number of rotatable bonds is 4. The summed E-state index contributed by atoms with van der Waals surface area (Å²) in [5.41, 5.74) is 0.910. The normalized spacial score (nSPS) is 12.2. The van der Waals surface area contributed by atoms with Crippen molar-refractivity contribution < 1.29 is 14.8 Å². The number of ether oxygens (including phenoxy) is 1. The SMILES string of the molecule is Cc1ccc(Oc2sc([C@H](C)O)cc2[N+](=O)[O-])c(Br)c1. The quantitative estimate of drug-likeness (QED) is 0.642. The summed E-state index contributed by atoms with van der Waals surface area (Å²) in [4.78, 5) is 11.0. The van der Waals surface area contributed by atoms with E-state index in [1.165, 1.54) is 6.07 Å². The fourth-order valence-corrected chi connectivity index (χ4v) is 3.08. The summed E-state index contributed by atoms with van der Waals surface area (Å²) in [7, 11) is 0. The van der Waals surface area contributed by atoms with Crippen LogP contribution in [0.25, 0.3) is 0 Å². The molecule has 2 rings (SSSR count). The molecule has 0 unspecified atom stereocenters. The molecule has 20 heavy (non-hydrogen) atoms. The minimum Gasteiger partial charge on any atom is -0.439 e. The van der Waals surface area contributed by atoms with Gasteiger partial charge in [0.25, 0.3) is 5.06 Å². The number of aliphatic hydroxyl groups is 1. The molecular formula is C13H12BrNO4S. The fraction of sp³-hybridized carbons (Fsp3) is 0.231. The van der Waals surface area contributed by atoms with Gasteiger partial charge in [0.2, 0.25) is 0 Å². The van der Waals surface area contributed by atoms with E-state index in [2.05, 4.69) is 15.9 Å². The Morgan fingerprint density at radius 1 is 1.45 bits per heavy atom. The fourth-order valence-electron chi connectivity index (χ4n) is 1.58. The van der Waals surface area contributed by atoms with Crippen LogP contribution in [0.3, 0.4) is 0 Å². The zero-order valence-electron chi connectivity index (χ0n) is 10.8. The summed E-state index contributed by atoms with van der Waals surface area (Å²) < 4.78 is 6.33. The second kappa shape index (κ2) is 5.90. The molecule has 0 bridgehead atoms. The first kappa shape index (κ1) is 15.0. The maximum Gasteiger partial charge on any atom is 0.323 e. The van der Waals surface area contributed by atoms with Crippen LogP contribution >= 0.6 is 27.3 Å². The molecule has 1 atom stereocenters. The van der Waals surface area contributed by atoms with Gasteiger partial charge in [0.05, 0.1) is 15.5 Å². The molecule has 0 radical (unpaired) electrons. The van der Waals surface area contributed by atoms with Crippen LogP contribution in [0.4, 0.5) is 5.69 Å². The lowest BCUT2D eigenvalue weighted by Gasteiger charge is -2.06. The average Bonchev–Trinajstić information content (AvgIpc) is 2.77. The lowest BCUT2D eigenvalue weighted by molar-refractivity contribution is -0.385. The number of hydrogen-bond acceptors (Lipinski definition) is 5. The first-order valence-electron chi connectivity index (χ1n) is 5.78. The topological polar surface area (TPSA) is 72.6 Å². The average molecular weight is 358 g/mol. The van der Waals surface area contributed by atoms with Gasteiger partial charge in [0.1, 0.15) is 5.75 Å². The monoisotopic (exact) mass is 357 g/mol. The Kier molecular flexibility index (Phi) is 4.42. The van der Waals surface area contributed by atoms with Gasteiger partial charge in [0.15, 0.2) is 0 Å². The van der Waals surface area contributed by atoms with Crippen molar-refractivity contribution in [2.45, 2.75) is 20.0 Å². The van der Waals surface area contributed by atoms with E-state index in [1.54, 1.807) is 13.0 Å². The largest absolute Gasteiger partial charge is 0.439 e. The number of aryl methyl sites for hydroxylation is 1. The first-order valence-corrected chi connectivity index (χ1v) is 7.39. The van der Waals surface area contributed by atoms with Crippen LogP contribution in [-0.4, -0.2) is 10.0 Å². The number of halogens is 1. The van der Waals surface area contributed by atoms with Crippen molar-refractivity contribution >= 4 is 33.0 Å². The van der Waals surface area contributed by atoms with E-state index in [1.807, 2.05) is 19.1 Å². The van der Waals surface area contributed by atoms with Crippen LogP contribution in [-0.2, 0) is 0 Å². The third kappa shape index (κ3) is 3.17. The second-order valence-corrected chi connectivity index (χ2v) is 6.19. The Balaban J connectivity index is 2.39. The summed E-state index contributed by atoms with van der Waals surface area (Å²) >= 11 is 4.43. The van der Waals surface area contributed by atoms with Crippen LogP contribution < -0.4 is 4.74 Å². The first-order chi connectivity index (χ1) is 9.38. The number of aliphatic hydroxyl groups excluding tert-OH is 1. The van der Waals surface area contributed by atoms with Crippen molar-refractivity contribution in [3.63, 3.8) is 0 Å². The molecule has 1 aromatic heterocycles. The Labute approximate surface area is 128 Å². The van der Waals surface area contributed by atoms with Gasteiger partial charge in [-0.15, -0.1) is 0 Å². The Hall–Kier alpha value is -1.44. The molecule has 0 aliphatic carbocycles. The maximum absolute atomic E-state index is 11.0. The highest BCUT2D eigenvalue weighted by Crippen LogP contribution is 2.43. The van der Waals surface area contributed by atoms with E-state index in [-0.39, 0.29) is 10.8 Å². The molecule has 0 aliphatic heterocycles. The highest BCUT2D eigenvalue weighted by atomic mass is 79.9. The molecule has 1 N–H and O–H groups in total. The van der Waals surface area contributed by atoms with E-state index in [9.17, 15) is 15.2 Å².